The molecule has 4 heteroatoms. The maximum absolute atomic E-state index is 10.7. The Morgan fingerprint density at radius 1 is 0.769 bits per heavy atom. The van der Waals surface area contributed by atoms with E-state index in [0.29, 0.717) is 5.75 Å². The van der Waals surface area contributed by atoms with Gasteiger partial charge in [0.2, 0.25) is 0 Å². The van der Waals surface area contributed by atoms with E-state index in [1.165, 1.54) is 12.5 Å². The third kappa shape index (κ3) is 6.79. The van der Waals surface area contributed by atoms with Gasteiger partial charge in [-0.1, -0.05) is 65.8 Å². The Hall–Kier alpha value is -2.49. The summed E-state index contributed by atoms with van der Waals surface area (Å²) < 4.78 is 5.19. The smallest absolute Gasteiger partial charge is 0.352 e. The van der Waals surface area contributed by atoms with E-state index in [-0.39, 0.29) is 5.41 Å². The van der Waals surface area contributed by atoms with E-state index in [4.69, 9.17) is 9.62 Å². The quantitative estimate of drug-likeness (QED) is 0.489. The third-order valence-corrected chi connectivity index (χ3v) is 3.64. The second kappa shape index (κ2) is 12.0. The third-order valence-electron chi connectivity index (χ3n) is 3.64. The van der Waals surface area contributed by atoms with E-state index in [1.807, 2.05) is 52.0 Å². The van der Waals surface area contributed by atoms with Gasteiger partial charge in [0.15, 0.2) is 5.75 Å². The number of methoxy groups -OCH3 is 1. The molecule has 2 aromatic rings. The molecule has 0 aliphatic carbocycles. The summed E-state index contributed by atoms with van der Waals surface area (Å²) in [4.78, 5) is 20.1. The zero-order chi connectivity index (χ0) is 20.2. The SMILES string of the molecule is CC.CC.COc1ccc(C(C)(C)c2ccc(OOC(C)=O)cc2)cc1. The molecule has 0 spiro atoms. The van der Waals surface area contributed by atoms with Gasteiger partial charge in [-0.2, -0.15) is 0 Å². The summed E-state index contributed by atoms with van der Waals surface area (Å²) in [6.45, 7) is 13.6. The molecular formula is C22H32O4. The molecule has 0 aromatic heterocycles. The monoisotopic (exact) mass is 360 g/mol. The number of hydrogen-bond acceptors (Lipinski definition) is 4. The standard InChI is InChI=1S/C18H20O4.2C2H6/c1-13(19)21-22-17-11-7-15(8-12-17)18(2,3)14-5-9-16(20-4)10-6-14;2*1-2/h5-12H,1-4H3;2*1-2H3. The fourth-order valence-corrected chi connectivity index (χ4v) is 2.21. The van der Waals surface area contributed by atoms with Crippen LogP contribution in [0.1, 0.15) is 59.6 Å². The summed E-state index contributed by atoms with van der Waals surface area (Å²) in [7, 11) is 1.65. The van der Waals surface area contributed by atoms with Gasteiger partial charge in [0.1, 0.15) is 5.75 Å². The van der Waals surface area contributed by atoms with Gasteiger partial charge in [0.25, 0.3) is 0 Å². The number of rotatable bonds is 5. The predicted molar refractivity (Wildman–Crippen MR) is 107 cm³/mol. The molecule has 0 bridgehead atoms. The van der Waals surface area contributed by atoms with Crippen LogP contribution < -0.4 is 9.62 Å². The zero-order valence-electron chi connectivity index (χ0n) is 17.3. The minimum atomic E-state index is -0.484. The second-order valence-electron chi connectivity index (χ2n) is 5.54. The van der Waals surface area contributed by atoms with Gasteiger partial charge >= 0.3 is 5.97 Å². The molecule has 0 fully saturated rings. The first-order chi connectivity index (χ1) is 12.4. The Kier molecular flexibility index (Phi) is 10.8. The van der Waals surface area contributed by atoms with Crippen LogP contribution in [0.4, 0.5) is 0 Å². The van der Waals surface area contributed by atoms with E-state index in [1.54, 1.807) is 19.2 Å². The molecule has 0 saturated heterocycles. The first-order valence-electron chi connectivity index (χ1n) is 9.03. The lowest BCUT2D eigenvalue weighted by Gasteiger charge is -2.26. The average molecular weight is 360 g/mol. The topological polar surface area (TPSA) is 44.8 Å². The molecule has 0 aliphatic heterocycles. The zero-order valence-corrected chi connectivity index (χ0v) is 17.3. The molecule has 0 radical (unpaired) electrons. The summed E-state index contributed by atoms with van der Waals surface area (Å²) >= 11 is 0. The molecule has 4 nitrogen and oxygen atoms in total. The summed E-state index contributed by atoms with van der Waals surface area (Å²) in [6, 6.07) is 15.5. The summed E-state index contributed by atoms with van der Waals surface area (Å²) in [5, 5.41) is 0. The van der Waals surface area contributed by atoms with Crippen molar-refractivity contribution in [1.29, 1.82) is 0 Å². The van der Waals surface area contributed by atoms with Crippen molar-refractivity contribution in [3.05, 3.63) is 59.7 Å². The highest BCUT2D eigenvalue weighted by Gasteiger charge is 2.23. The molecule has 2 rings (SSSR count). The first-order valence-corrected chi connectivity index (χ1v) is 9.03. The second-order valence-corrected chi connectivity index (χ2v) is 5.54. The first kappa shape index (κ1) is 23.5. The van der Waals surface area contributed by atoms with Crippen LogP contribution >= 0.6 is 0 Å². The average Bonchev–Trinajstić information content (AvgIpc) is 2.70. The molecule has 0 unspecified atom stereocenters. The minimum Gasteiger partial charge on any atom is -0.497 e. The van der Waals surface area contributed by atoms with Crippen molar-refractivity contribution in [2.24, 2.45) is 0 Å². The Morgan fingerprint density at radius 2 is 1.15 bits per heavy atom. The van der Waals surface area contributed by atoms with Crippen molar-refractivity contribution in [2.75, 3.05) is 7.11 Å². The Bertz CT molecular complexity index is 628. The van der Waals surface area contributed by atoms with Crippen molar-refractivity contribution in [3.63, 3.8) is 0 Å². The van der Waals surface area contributed by atoms with Crippen LogP contribution in [0.5, 0.6) is 11.5 Å². The van der Waals surface area contributed by atoms with Gasteiger partial charge in [-0.3, -0.25) is 9.78 Å². The fraction of sp³-hybridized carbons (Fsp3) is 0.409. The van der Waals surface area contributed by atoms with E-state index in [9.17, 15) is 4.79 Å². The normalized spacial score (nSPS) is 9.69. The maximum atomic E-state index is 10.7. The van der Waals surface area contributed by atoms with Crippen LogP contribution in [0.2, 0.25) is 0 Å². The number of carbonyl (C=O) groups is 1. The lowest BCUT2D eigenvalue weighted by molar-refractivity contribution is -0.210. The molecule has 0 heterocycles. The van der Waals surface area contributed by atoms with Gasteiger partial charge in [-0.05, 0) is 35.4 Å². The van der Waals surface area contributed by atoms with Gasteiger partial charge in [0.05, 0.1) is 7.11 Å². The fourth-order valence-electron chi connectivity index (χ4n) is 2.21. The van der Waals surface area contributed by atoms with Gasteiger partial charge in [0, 0.05) is 12.3 Å². The molecule has 0 amide bonds. The number of hydrogen-bond donors (Lipinski definition) is 0. The molecule has 0 aliphatic rings. The van der Waals surface area contributed by atoms with Gasteiger partial charge < -0.3 is 4.74 Å². The largest absolute Gasteiger partial charge is 0.497 e. The lowest BCUT2D eigenvalue weighted by atomic mass is 9.78. The van der Waals surface area contributed by atoms with E-state index in [0.717, 1.165) is 11.3 Å². The molecule has 26 heavy (non-hydrogen) atoms. The highest BCUT2D eigenvalue weighted by atomic mass is 17.2. The molecule has 0 N–H and O–H groups in total. The van der Waals surface area contributed by atoms with Crippen molar-refractivity contribution in [1.82, 2.24) is 0 Å². The van der Waals surface area contributed by atoms with E-state index in [2.05, 4.69) is 30.9 Å². The molecule has 2 aromatic carbocycles. The van der Waals surface area contributed by atoms with Gasteiger partial charge in [-0.25, -0.2) is 4.79 Å². The van der Waals surface area contributed by atoms with Crippen molar-refractivity contribution in [2.45, 2.75) is 53.9 Å². The van der Waals surface area contributed by atoms with Crippen molar-refractivity contribution < 1.29 is 19.3 Å². The van der Waals surface area contributed by atoms with E-state index < -0.39 is 5.97 Å². The van der Waals surface area contributed by atoms with Crippen molar-refractivity contribution in [3.8, 4) is 11.5 Å². The molecule has 0 atom stereocenters. The number of ether oxygens (including phenoxy) is 1. The molecular weight excluding hydrogens is 328 g/mol. The highest BCUT2D eigenvalue weighted by Crippen LogP contribution is 2.33. The van der Waals surface area contributed by atoms with E-state index >= 15 is 0 Å². The Balaban J connectivity index is 0.00000146. The van der Waals surface area contributed by atoms with Gasteiger partial charge in [-0.15, -0.1) is 0 Å². The summed E-state index contributed by atoms with van der Waals surface area (Å²) in [5.41, 5.74) is 2.15. The number of carbonyl (C=O) groups excluding carboxylic acids is 1. The Labute approximate surface area is 158 Å². The molecule has 0 saturated carbocycles. The van der Waals surface area contributed by atoms with Crippen LogP contribution in [0.15, 0.2) is 48.5 Å². The van der Waals surface area contributed by atoms with Crippen LogP contribution in [0.25, 0.3) is 0 Å². The summed E-state index contributed by atoms with van der Waals surface area (Å²) in [6.07, 6.45) is 0. The van der Waals surface area contributed by atoms with Crippen LogP contribution in [0, 0.1) is 0 Å². The maximum Gasteiger partial charge on any atom is 0.352 e. The lowest BCUT2D eigenvalue weighted by Crippen LogP contribution is -2.18. The Morgan fingerprint density at radius 3 is 1.50 bits per heavy atom. The van der Waals surface area contributed by atoms with Crippen LogP contribution in [-0.2, 0) is 15.1 Å². The van der Waals surface area contributed by atoms with Crippen LogP contribution in [0.3, 0.4) is 0 Å². The predicted octanol–water partition coefficient (Wildman–Crippen LogP) is 5.93. The molecule has 144 valence electrons. The van der Waals surface area contributed by atoms with Crippen LogP contribution in [-0.4, -0.2) is 13.1 Å². The minimum absolute atomic E-state index is 0.160. The van der Waals surface area contributed by atoms with Crippen molar-refractivity contribution >= 4 is 5.97 Å². The highest BCUT2D eigenvalue weighted by molar-refractivity contribution is 5.65. The summed E-state index contributed by atoms with van der Waals surface area (Å²) in [5.74, 6) is 0.844. The number of benzene rings is 2.